The minimum absolute atomic E-state index is 0.0715. The first kappa shape index (κ1) is 13.5. The Balaban J connectivity index is 1.71. The molecule has 5 rings (SSSR count). The molecule has 0 saturated carbocycles. The molecular weight excluding hydrogens is 298 g/mol. The topological polar surface area (TPSA) is 49.0 Å². The van der Waals surface area contributed by atoms with Crippen molar-refractivity contribution in [1.29, 1.82) is 0 Å². The summed E-state index contributed by atoms with van der Waals surface area (Å²) in [6.45, 7) is 4.63. The molecule has 2 aliphatic heterocycles. The van der Waals surface area contributed by atoms with Crippen LogP contribution in [0.3, 0.4) is 0 Å². The maximum atomic E-state index is 13.0. The van der Waals surface area contributed by atoms with E-state index in [0.29, 0.717) is 0 Å². The number of aromatic nitrogens is 2. The second kappa shape index (κ2) is 4.81. The fraction of sp³-hybridized carbons (Fsp3) is 0.200. The zero-order valence-electron chi connectivity index (χ0n) is 13.2. The molecule has 0 bridgehead atoms. The number of hydrogen-bond donors (Lipinski definition) is 1. The highest BCUT2D eigenvalue weighted by Gasteiger charge is 2.39. The molecule has 118 valence electrons. The van der Waals surface area contributed by atoms with E-state index in [1.165, 1.54) is 16.6 Å². The number of para-hydroxylation sites is 1. The number of pyridine rings is 1. The van der Waals surface area contributed by atoms with Crippen molar-refractivity contribution < 1.29 is 4.79 Å². The Kier molecular flexibility index (Phi) is 2.71. The van der Waals surface area contributed by atoms with E-state index in [2.05, 4.69) is 34.7 Å². The molecule has 0 fully saturated rings. The Hall–Kier alpha value is -2.88. The lowest BCUT2D eigenvalue weighted by molar-refractivity contribution is 0.0627. The van der Waals surface area contributed by atoms with Crippen LogP contribution < -0.4 is 0 Å². The second-order valence-electron chi connectivity index (χ2n) is 6.49. The molecule has 1 amide bonds. The Morgan fingerprint density at radius 2 is 2.12 bits per heavy atom. The fourth-order valence-electron chi connectivity index (χ4n) is 4.21. The third-order valence-corrected chi connectivity index (χ3v) is 5.36. The van der Waals surface area contributed by atoms with Gasteiger partial charge >= 0.3 is 0 Å². The predicted octanol–water partition coefficient (Wildman–Crippen LogP) is 3.50. The zero-order chi connectivity index (χ0) is 16.3. The molecule has 3 aromatic rings. The largest absolute Gasteiger partial charge is 0.356 e. The predicted molar refractivity (Wildman–Crippen MR) is 93.8 cm³/mol. The van der Waals surface area contributed by atoms with Gasteiger partial charge in [-0.1, -0.05) is 30.9 Å². The van der Waals surface area contributed by atoms with E-state index in [4.69, 9.17) is 0 Å². The van der Waals surface area contributed by atoms with E-state index in [1.54, 1.807) is 18.5 Å². The molecule has 2 aliphatic rings. The minimum atomic E-state index is 0.0715. The number of aromatic amines is 1. The standard InChI is InChI=1S/C20H17N3O/c1-2-12-10-21-11-16-15(12)9-18-19-14(7-8-23(18)20(16)24)13-5-3-4-6-17(13)22-19/h2-6,10-11,18,22H,1,7-9H2. The lowest BCUT2D eigenvalue weighted by atomic mass is 9.85. The first-order chi connectivity index (χ1) is 11.8. The number of carbonyl (C=O) groups is 1. The van der Waals surface area contributed by atoms with Gasteiger partial charge in [-0.3, -0.25) is 9.78 Å². The highest BCUT2D eigenvalue weighted by atomic mass is 16.2. The fourth-order valence-corrected chi connectivity index (χ4v) is 4.21. The number of amides is 1. The molecule has 1 aromatic carbocycles. The number of rotatable bonds is 1. The van der Waals surface area contributed by atoms with Crippen LogP contribution in [0.4, 0.5) is 0 Å². The Labute approximate surface area is 139 Å². The molecule has 2 aromatic heterocycles. The number of fused-ring (bicyclic) bond motifs is 6. The molecule has 0 spiro atoms. The van der Waals surface area contributed by atoms with Crippen LogP contribution in [0.25, 0.3) is 17.0 Å². The molecule has 24 heavy (non-hydrogen) atoms. The molecule has 4 nitrogen and oxygen atoms in total. The van der Waals surface area contributed by atoms with Crippen LogP contribution in [0.1, 0.15) is 38.8 Å². The first-order valence-electron chi connectivity index (χ1n) is 8.27. The summed E-state index contributed by atoms with van der Waals surface area (Å²) in [7, 11) is 0. The van der Waals surface area contributed by atoms with E-state index in [0.717, 1.165) is 41.6 Å². The number of nitrogens with one attached hydrogen (secondary N) is 1. The molecular formula is C20H17N3O. The maximum Gasteiger partial charge on any atom is 0.256 e. The van der Waals surface area contributed by atoms with Gasteiger partial charge in [0, 0.05) is 42.0 Å². The number of carbonyl (C=O) groups excluding carboxylic acids is 1. The van der Waals surface area contributed by atoms with Crippen molar-refractivity contribution >= 4 is 22.9 Å². The van der Waals surface area contributed by atoms with E-state index in [-0.39, 0.29) is 11.9 Å². The van der Waals surface area contributed by atoms with Crippen LogP contribution >= 0.6 is 0 Å². The van der Waals surface area contributed by atoms with Gasteiger partial charge in [-0.2, -0.15) is 0 Å². The van der Waals surface area contributed by atoms with E-state index >= 15 is 0 Å². The van der Waals surface area contributed by atoms with Gasteiger partial charge in [-0.05, 0) is 29.2 Å². The summed E-state index contributed by atoms with van der Waals surface area (Å²) in [6, 6.07) is 8.46. The SMILES string of the molecule is C=Cc1cncc2c1CC1c3[nH]c4ccccc4c3CCN1C2=O. The average Bonchev–Trinajstić information content (AvgIpc) is 3.01. The summed E-state index contributed by atoms with van der Waals surface area (Å²) in [5.74, 6) is 0.0850. The summed E-state index contributed by atoms with van der Waals surface area (Å²) in [6.07, 6.45) is 6.99. The minimum Gasteiger partial charge on any atom is -0.356 e. The van der Waals surface area contributed by atoms with Gasteiger partial charge in [-0.25, -0.2) is 0 Å². The summed E-state index contributed by atoms with van der Waals surface area (Å²) < 4.78 is 0. The van der Waals surface area contributed by atoms with Gasteiger partial charge in [-0.15, -0.1) is 0 Å². The average molecular weight is 315 g/mol. The van der Waals surface area contributed by atoms with Crippen LogP contribution in [-0.4, -0.2) is 27.3 Å². The molecule has 0 aliphatic carbocycles. The first-order valence-corrected chi connectivity index (χ1v) is 8.27. The maximum absolute atomic E-state index is 13.0. The van der Waals surface area contributed by atoms with Crippen molar-refractivity contribution in [2.24, 2.45) is 0 Å². The third-order valence-electron chi connectivity index (χ3n) is 5.36. The van der Waals surface area contributed by atoms with Gasteiger partial charge in [0.1, 0.15) is 0 Å². The molecule has 0 radical (unpaired) electrons. The third kappa shape index (κ3) is 1.68. The van der Waals surface area contributed by atoms with Crippen molar-refractivity contribution in [3.05, 3.63) is 71.2 Å². The molecule has 1 unspecified atom stereocenters. The second-order valence-corrected chi connectivity index (χ2v) is 6.49. The van der Waals surface area contributed by atoms with E-state index in [1.807, 2.05) is 11.0 Å². The van der Waals surface area contributed by atoms with Gasteiger partial charge in [0.2, 0.25) is 0 Å². The van der Waals surface area contributed by atoms with Crippen LogP contribution in [0.2, 0.25) is 0 Å². The van der Waals surface area contributed by atoms with Crippen LogP contribution in [-0.2, 0) is 12.8 Å². The van der Waals surface area contributed by atoms with Crippen molar-refractivity contribution in [2.75, 3.05) is 6.54 Å². The van der Waals surface area contributed by atoms with Crippen LogP contribution in [0, 0.1) is 0 Å². The Morgan fingerprint density at radius 1 is 1.25 bits per heavy atom. The van der Waals surface area contributed by atoms with Crippen molar-refractivity contribution in [1.82, 2.24) is 14.9 Å². The highest BCUT2D eigenvalue weighted by molar-refractivity contribution is 5.98. The number of H-pyrrole nitrogens is 1. The Bertz CT molecular complexity index is 1000. The summed E-state index contributed by atoms with van der Waals surface area (Å²) in [4.78, 5) is 22.8. The summed E-state index contributed by atoms with van der Waals surface area (Å²) in [5.41, 5.74) is 6.46. The lowest BCUT2D eigenvalue weighted by Crippen LogP contribution is -2.44. The van der Waals surface area contributed by atoms with Crippen molar-refractivity contribution in [3.8, 4) is 0 Å². The molecule has 4 heterocycles. The Morgan fingerprint density at radius 3 is 3.00 bits per heavy atom. The molecule has 1 N–H and O–H groups in total. The van der Waals surface area contributed by atoms with Crippen molar-refractivity contribution in [2.45, 2.75) is 18.9 Å². The van der Waals surface area contributed by atoms with Gasteiger partial charge < -0.3 is 9.88 Å². The monoisotopic (exact) mass is 315 g/mol. The van der Waals surface area contributed by atoms with Gasteiger partial charge in [0.15, 0.2) is 0 Å². The number of nitrogens with zero attached hydrogens (tertiary/aromatic N) is 2. The number of benzene rings is 1. The van der Waals surface area contributed by atoms with Crippen LogP contribution in [0.15, 0.2) is 43.2 Å². The lowest BCUT2D eigenvalue weighted by Gasteiger charge is -2.40. The van der Waals surface area contributed by atoms with Crippen LogP contribution in [0.5, 0.6) is 0 Å². The normalized spacial score (nSPS) is 18.9. The summed E-state index contributed by atoms with van der Waals surface area (Å²) in [5, 5.41) is 1.28. The smallest absolute Gasteiger partial charge is 0.256 e. The van der Waals surface area contributed by atoms with Gasteiger partial charge in [0.25, 0.3) is 5.91 Å². The van der Waals surface area contributed by atoms with Crippen molar-refractivity contribution in [3.63, 3.8) is 0 Å². The zero-order valence-corrected chi connectivity index (χ0v) is 13.2. The van der Waals surface area contributed by atoms with E-state index in [9.17, 15) is 4.79 Å². The number of hydrogen-bond acceptors (Lipinski definition) is 2. The molecule has 4 heteroatoms. The highest BCUT2D eigenvalue weighted by Crippen LogP contribution is 2.40. The summed E-state index contributed by atoms with van der Waals surface area (Å²) >= 11 is 0. The molecule has 0 saturated heterocycles. The van der Waals surface area contributed by atoms with Gasteiger partial charge in [0.05, 0.1) is 11.6 Å². The van der Waals surface area contributed by atoms with E-state index < -0.39 is 0 Å². The molecule has 1 atom stereocenters. The quantitative estimate of drug-likeness (QED) is 0.747.